The molecule has 1 amide bonds. The van der Waals surface area contributed by atoms with Gasteiger partial charge < -0.3 is 14.8 Å². The number of nitrogens with zero attached hydrogens (tertiary/aromatic N) is 1. The lowest BCUT2D eigenvalue weighted by Gasteiger charge is -2.14. The molecule has 1 saturated heterocycles. The Kier molecular flexibility index (Phi) is 5.45. The van der Waals surface area contributed by atoms with Crippen molar-refractivity contribution >= 4 is 15.7 Å². The molecule has 124 valence electrons. The zero-order valence-corrected chi connectivity index (χ0v) is 13.6. The first-order chi connectivity index (χ1) is 10.9. The van der Waals surface area contributed by atoms with Crippen LogP contribution >= 0.6 is 0 Å². The predicted molar refractivity (Wildman–Crippen MR) is 83.0 cm³/mol. The van der Waals surface area contributed by atoms with E-state index in [0.29, 0.717) is 30.1 Å². The maximum atomic E-state index is 11.9. The minimum atomic E-state index is -3.04. The van der Waals surface area contributed by atoms with Crippen molar-refractivity contribution in [3.8, 4) is 17.6 Å². The number of sulfone groups is 1. The van der Waals surface area contributed by atoms with Crippen molar-refractivity contribution in [3.05, 3.63) is 23.8 Å². The molecule has 1 aromatic carbocycles. The molecule has 0 aliphatic carbocycles. The van der Waals surface area contributed by atoms with Gasteiger partial charge in [0.15, 0.2) is 27.9 Å². The second kappa shape index (κ2) is 7.33. The van der Waals surface area contributed by atoms with E-state index in [-0.39, 0.29) is 30.1 Å². The van der Waals surface area contributed by atoms with Gasteiger partial charge in [-0.1, -0.05) is 0 Å². The van der Waals surface area contributed by atoms with Crippen LogP contribution < -0.4 is 14.8 Å². The monoisotopic (exact) mass is 338 g/mol. The van der Waals surface area contributed by atoms with Crippen molar-refractivity contribution in [3.63, 3.8) is 0 Å². The molecule has 1 aromatic rings. The molecule has 0 unspecified atom stereocenters. The molecule has 0 bridgehead atoms. The van der Waals surface area contributed by atoms with Gasteiger partial charge >= 0.3 is 0 Å². The molecule has 23 heavy (non-hydrogen) atoms. The number of rotatable bonds is 6. The number of carbonyl (C=O) groups excluding carboxylic acids is 1. The average molecular weight is 338 g/mol. The molecule has 0 spiro atoms. The van der Waals surface area contributed by atoms with Crippen LogP contribution in [0, 0.1) is 11.3 Å². The lowest BCUT2D eigenvalue weighted by Crippen LogP contribution is -2.38. The molecule has 1 N–H and O–H groups in total. The van der Waals surface area contributed by atoms with Crippen LogP contribution in [0.5, 0.6) is 11.5 Å². The number of benzene rings is 1. The summed E-state index contributed by atoms with van der Waals surface area (Å²) in [7, 11) is -3.04. The standard InChI is InChI=1S/C15H18N2O5S/c1-2-21-14-7-11(8-16)3-4-13(14)22-9-15(18)17-12-5-6-23(19,20)10-12/h3-4,7,12H,2,5-6,9-10H2,1H3,(H,17,18)/t12-/m1/s1. The molecule has 0 saturated carbocycles. The van der Waals surface area contributed by atoms with Crippen LogP contribution in [-0.4, -0.2) is 45.1 Å². The number of ether oxygens (including phenoxy) is 2. The third-order valence-corrected chi connectivity index (χ3v) is 5.10. The van der Waals surface area contributed by atoms with Gasteiger partial charge in [-0.05, 0) is 25.5 Å². The van der Waals surface area contributed by atoms with Crippen LogP contribution in [-0.2, 0) is 14.6 Å². The van der Waals surface area contributed by atoms with E-state index in [9.17, 15) is 13.2 Å². The lowest BCUT2D eigenvalue weighted by molar-refractivity contribution is -0.123. The van der Waals surface area contributed by atoms with Crippen molar-refractivity contribution in [2.24, 2.45) is 0 Å². The molecule has 2 rings (SSSR count). The summed E-state index contributed by atoms with van der Waals surface area (Å²) in [4.78, 5) is 11.9. The van der Waals surface area contributed by atoms with Crippen molar-refractivity contribution in [1.82, 2.24) is 5.32 Å². The van der Waals surface area contributed by atoms with Crippen LogP contribution in [0.15, 0.2) is 18.2 Å². The van der Waals surface area contributed by atoms with E-state index in [1.54, 1.807) is 25.1 Å². The second-order valence-electron chi connectivity index (χ2n) is 5.16. The van der Waals surface area contributed by atoms with Gasteiger partial charge in [0.1, 0.15) is 0 Å². The van der Waals surface area contributed by atoms with E-state index in [4.69, 9.17) is 14.7 Å². The number of nitrogens with one attached hydrogen (secondary N) is 1. The van der Waals surface area contributed by atoms with Gasteiger partial charge in [-0.2, -0.15) is 5.26 Å². The average Bonchev–Trinajstić information content (AvgIpc) is 2.85. The summed E-state index contributed by atoms with van der Waals surface area (Å²) < 4.78 is 33.5. The summed E-state index contributed by atoms with van der Waals surface area (Å²) in [5.41, 5.74) is 0.432. The SMILES string of the molecule is CCOc1cc(C#N)ccc1OCC(=O)N[C@@H]1CCS(=O)(=O)C1. The number of amides is 1. The number of hydrogen-bond acceptors (Lipinski definition) is 6. The summed E-state index contributed by atoms with van der Waals surface area (Å²) in [5, 5.41) is 11.5. The number of nitriles is 1. The second-order valence-corrected chi connectivity index (χ2v) is 7.39. The predicted octanol–water partition coefficient (Wildman–Crippen LogP) is 0.639. The maximum absolute atomic E-state index is 11.9. The van der Waals surface area contributed by atoms with E-state index in [1.165, 1.54) is 0 Å². The Labute approximate surface area is 135 Å². The maximum Gasteiger partial charge on any atom is 0.258 e. The molecule has 0 radical (unpaired) electrons. The van der Waals surface area contributed by atoms with E-state index < -0.39 is 9.84 Å². The molecule has 1 atom stereocenters. The lowest BCUT2D eigenvalue weighted by atomic mass is 10.2. The molecule has 1 fully saturated rings. The van der Waals surface area contributed by atoms with Crippen molar-refractivity contribution in [2.75, 3.05) is 24.7 Å². The first kappa shape index (κ1) is 17.1. The first-order valence-electron chi connectivity index (χ1n) is 7.23. The van der Waals surface area contributed by atoms with E-state index in [1.807, 2.05) is 6.07 Å². The van der Waals surface area contributed by atoms with Crippen LogP contribution in [0.4, 0.5) is 0 Å². The molecule has 1 heterocycles. The van der Waals surface area contributed by atoms with Gasteiger partial charge in [-0.15, -0.1) is 0 Å². The fraction of sp³-hybridized carbons (Fsp3) is 0.467. The number of carbonyl (C=O) groups is 1. The molecule has 8 heteroatoms. The van der Waals surface area contributed by atoms with Crippen molar-refractivity contribution < 1.29 is 22.7 Å². The Morgan fingerprint density at radius 1 is 1.39 bits per heavy atom. The minimum absolute atomic E-state index is 0.0280. The summed E-state index contributed by atoms with van der Waals surface area (Å²) in [6.07, 6.45) is 0.426. The zero-order chi connectivity index (χ0) is 16.9. The van der Waals surface area contributed by atoms with Gasteiger partial charge in [0.2, 0.25) is 0 Å². The summed E-state index contributed by atoms with van der Waals surface area (Å²) >= 11 is 0. The minimum Gasteiger partial charge on any atom is -0.490 e. The van der Waals surface area contributed by atoms with Crippen molar-refractivity contribution in [2.45, 2.75) is 19.4 Å². The highest BCUT2D eigenvalue weighted by molar-refractivity contribution is 7.91. The molecule has 1 aliphatic heterocycles. The van der Waals surface area contributed by atoms with E-state index in [0.717, 1.165) is 0 Å². The Balaban J connectivity index is 1.92. The zero-order valence-electron chi connectivity index (χ0n) is 12.7. The fourth-order valence-electron chi connectivity index (χ4n) is 2.29. The van der Waals surface area contributed by atoms with Gasteiger partial charge in [0.25, 0.3) is 5.91 Å². The molecular formula is C15H18N2O5S. The number of hydrogen-bond donors (Lipinski definition) is 1. The van der Waals surface area contributed by atoms with Gasteiger partial charge in [0, 0.05) is 12.1 Å². The van der Waals surface area contributed by atoms with E-state index >= 15 is 0 Å². The third kappa shape index (κ3) is 4.86. The van der Waals surface area contributed by atoms with E-state index in [2.05, 4.69) is 5.32 Å². The van der Waals surface area contributed by atoms with Crippen LogP contribution in [0.3, 0.4) is 0 Å². The Bertz CT molecular complexity index is 724. The Morgan fingerprint density at radius 2 is 2.17 bits per heavy atom. The van der Waals surface area contributed by atoms with Crippen LogP contribution in [0.1, 0.15) is 18.9 Å². The third-order valence-electron chi connectivity index (χ3n) is 3.33. The first-order valence-corrected chi connectivity index (χ1v) is 9.05. The largest absolute Gasteiger partial charge is 0.490 e. The van der Waals surface area contributed by atoms with Crippen LogP contribution in [0.25, 0.3) is 0 Å². The highest BCUT2D eigenvalue weighted by Crippen LogP contribution is 2.28. The Morgan fingerprint density at radius 3 is 2.78 bits per heavy atom. The molecule has 7 nitrogen and oxygen atoms in total. The molecular weight excluding hydrogens is 320 g/mol. The summed E-state index contributed by atoms with van der Waals surface area (Å²) in [6, 6.07) is 6.32. The highest BCUT2D eigenvalue weighted by Gasteiger charge is 2.28. The molecule has 0 aromatic heterocycles. The van der Waals surface area contributed by atoms with Crippen molar-refractivity contribution in [1.29, 1.82) is 5.26 Å². The Hall–Kier alpha value is -2.27. The topological polar surface area (TPSA) is 105 Å². The fourth-order valence-corrected chi connectivity index (χ4v) is 3.96. The summed E-state index contributed by atoms with van der Waals surface area (Å²) in [5.74, 6) is 0.435. The highest BCUT2D eigenvalue weighted by atomic mass is 32.2. The van der Waals surface area contributed by atoms with Gasteiger partial charge in [-0.25, -0.2) is 8.42 Å². The quantitative estimate of drug-likeness (QED) is 0.816. The van der Waals surface area contributed by atoms with Gasteiger partial charge in [-0.3, -0.25) is 4.79 Å². The summed E-state index contributed by atoms with van der Waals surface area (Å²) in [6.45, 7) is 1.95. The van der Waals surface area contributed by atoms with Crippen LogP contribution in [0.2, 0.25) is 0 Å². The smallest absolute Gasteiger partial charge is 0.258 e. The normalized spacial score (nSPS) is 18.9. The molecule has 1 aliphatic rings. The van der Waals surface area contributed by atoms with Gasteiger partial charge in [0.05, 0.1) is 29.7 Å².